The van der Waals surface area contributed by atoms with Gasteiger partial charge >= 0.3 is 0 Å². The number of carbonyl (C=O) groups is 1. The number of piperazine rings is 1. The molecule has 0 radical (unpaired) electrons. The van der Waals surface area contributed by atoms with Crippen LogP contribution in [0.3, 0.4) is 0 Å². The fourth-order valence-electron chi connectivity index (χ4n) is 4.07. The number of anilines is 2. The average molecular weight is 349 g/mol. The van der Waals surface area contributed by atoms with E-state index in [1.165, 1.54) is 29.7 Å². The Kier molecular flexibility index (Phi) is 4.83. The molecule has 2 aromatic carbocycles. The summed E-state index contributed by atoms with van der Waals surface area (Å²) in [7, 11) is 0. The summed E-state index contributed by atoms with van der Waals surface area (Å²) in [5.41, 5.74) is 5.20. The summed E-state index contributed by atoms with van der Waals surface area (Å²) in [5.74, 6) is 0.193. The molecule has 2 aromatic rings. The highest BCUT2D eigenvalue weighted by Gasteiger charge is 2.25. The Morgan fingerprint density at radius 1 is 0.962 bits per heavy atom. The molecule has 0 aromatic heterocycles. The Morgan fingerprint density at radius 2 is 1.69 bits per heavy atom. The van der Waals surface area contributed by atoms with E-state index >= 15 is 0 Å². The predicted molar refractivity (Wildman–Crippen MR) is 107 cm³/mol. The van der Waals surface area contributed by atoms with E-state index in [2.05, 4.69) is 52.7 Å². The van der Waals surface area contributed by atoms with Crippen molar-refractivity contribution in [2.75, 3.05) is 36.4 Å². The number of rotatable bonds is 4. The van der Waals surface area contributed by atoms with Gasteiger partial charge in [-0.05, 0) is 61.6 Å². The highest BCUT2D eigenvalue weighted by molar-refractivity contribution is 5.84. The van der Waals surface area contributed by atoms with E-state index in [-0.39, 0.29) is 11.9 Å². The summed E-state index contributed by atoms with van der Waals surface area (Å²) in [5, 5.41) is 3.41. The zero-order chi connectivity index (χ0) is 17.9. The minimum absolute atomic E-state index is 0.193. The van der Waals surface area contributed by atoms with Gasteiger partial charge < -0.3 is 15.1 Å². The zero-order valence-corrected chi connectivity index (χ0v) is 15.4. The summed E-state index contributed by atoms with van der Waals surface area (Å²) in [4.78, 5) is 17.2. The number of nitrogens with zero attached hydrogens (tertiary/aromatic N) is 2. The summed E-state index contributed by atoms with van der Waals surface area (Å²) < 4.78 is 0. The first-order valence-corrected chi connectivity index (χ1v) is 9.68. The highest BCUT2D eigenvalue weighted by Crippen LogP contribution is 2.25. The van der Waals surface area contributed by atoms with Gasteiger partial charge in [-0.3, -0.25) is 4.79 Å². The lowest BCUT2D eigenvalue weighted by molar-refractivity contribution is -0.131. The van der Waals surface area contributed by atoms with Gasteiger partial charge in [0.15, 0.2) is 0 Å². The first-order chi connectivity index (χ1) is 12.7. The minimum atomic E-state index is -0.197. The predicted octanol–water partition coefficient (Wildman–Crippen LogP) is 3.32. The Hall–Kier alpha value is -2.49. The topological polar surface area (TPSA) is 35.6 Å². The van der Waals surface area contributed by atoms with Crippen molar-refractivity contribution in [2.24, 2.45) is 0 Å². The number of aryl methyl sites for hydroxylation is 2. The van der Waals surface area contributed by atoms with Crippen molar-refractivity contribution in [3.8, 4) is 0 Å². The number of nitrogens with one attached hydrogen (secondary N) is 1. The quantitative estimate of drug-likeness (QED) is 0.920. The first-order valence-electron chi connectivity index (χ1n) is 9.68. The van der Waals surface area contributed by atoms with Crippen molar-refractivity contribution >= 4 is 17.3 Å². The third-order valence-electron chi connectivity index (χ3n) is 5.56. The van der Waals surface area contributed by atoms with Crippen LogP contribution in [0.2, 0.25) is 0 Å². The minimum Gasteiger partial charge on any atom is -0.374 e. The second kappa shape index (κ2) is 7.40. The lowest BCUT2D eigenvalue weighted by atomic mass is 10.1. The van der Waals surface area contributed by atoms with E-state index in [0.29, 0.717) is 0 Å². The van der Waals surface area contributed by atoms with Crippen LogP contribution in [0.15, 0.2) is 48.5 Å². The molecule has 4 heteroatoms. The lowest BCUT2D eigenvalue weighted by Crippen LogP contribution is -2.52. The molecule has 136 valence electrons. The van der Waals surface area contributed by atoms with Crippen molar-refractivity contribution in [3.63, 3.8) is 0 Å². The van der Waals surface area contributed by atoms with Crippen molar-refractivity contribution in [3.05, 3.63) is 59.7 Å². The van der Waals surface area contributed by atoms with Gasteiger partial charge in [0.2, 0.25) is 5.91 Å². The molecule has 0 saturated carbocycles. The molecule has 0 bridgehead atoms. The molecule has 2 aliphatic rings. The Bertz CT molecular complexity index is 766. The molecule has 1 fully saturated rings. The van der Waals surface area contributed by atoms with Gasteiger partial charge in [0.25, 0.3) is 0 Å². The third-order valence-corrected chi connectivity index (χ3v) is 5.56. The molecule has 1 amide bonds. The second-order valence-corrected chi connectivity index (χ2v) is 7.35. The lowest BCUT2D eigenvalue weighted by Gasteiger charge is -2.37. The molecule has 1 saturated heterocycles. The van der Waals surface area contributed by atoms with Crippen LogP contribution in [-0.4, -0.2) is 43.0 Å². The van der Waals surface area contributed by atoms with Gasteiger partial charge in [0.05, 0.1) is 0 Å². The molecule has 1 heterocycles. The normalized spacial score (nSPS) is 17.7. The number of hydrogen-bond donors (Lipinski definition) is 1. The average Bonchev–Trinajstić information content (AvgIpc) is 3.16. The smallest absolute Gasteiger partial charge is 0.244 e. The van der Waals surface area contributed by atoms with E-state index in [4.69, 9.17) is 0 Å². The standard InChI is InChI=1S/C22H27N3O/c1-17(23-20-11-10-18-6-5-7-19(18)16-20)22(26)25-14-12-24(13-15-25)21-8-3-2-4-9-21/h2-4,8-11,16-17,23H,5-7,12-15H2,1H3. The fraction of sp³-hybridized carbons (Fsp3) is 0.409. The number of amides is 1. The van der Waals surface area contributed by atoms with Crippen LogP contribution in [0.4, 0.5) is 11.4 Å². The molecule has 1 N–H and O–H groups in total. The monoisotopic (exact) mass is 349 g/mol. The van der Waals surface area contributed by atoms with Crippen LogP contribution >= 0.6 is 0 Å². The number of benzene rings is 2. The molecule has 26 heavy (non-hydrogen) atoms. The molecule has 1 atom stereocenters. The number of carbonyl (C=O) groups excluding carboxylic acids is 1. The van der Waals surface area contributed by atoms with E-state index < -0.39 is 0 Å². The van der Waals surface area contributed by atoms with Crippen LogP contribution in [0.5, 0.6) is 0 Å². The molecular weight excluding hydrogens is 322 g/mol. The van der Waals surface area contributed by atoms with E-state index in [1.54, 1.807) is 0 Å². The van der Waals surface area contributed by atoms with Crippen molar-refractivity contribution in [1.29, 1.82) is 0 Å². The van der Waals surface area contributed by atoms with E-state index in [0.717, 1.165) is 38.3 Å². The van der Waals surface area contributed by atoms with E-state index in [1.807, 2.05) is 17.9 Å². The maximum atomic E-state index is 12.8. The SMILES string of the molecule is CC(Nc1ccc2c(c1)CCC2)C(=O)N1CCN(c2ccccc2)CC1. The van der Waals surface area contributed by atoms with Crippen molar-refractivity contribution in [2.45, 2.75) is 32.2 Å². The Balaban J connectivity index is 1.33. The highest BCUT2D eigenvalue weighted by atomic mass is 16.2. The Labute approximate surface area is 155 Å². The van der Waals surface area contributed by atoms with Gasteiger partial charge in [-0.2, -0.15) is 0 Å². The number of fused-ring (bicyclic) bond motifs is 1. The largest absolute Gasteiger partial charge is 0.374 e. The Morgan fingerprint density at radius 3 is 2.46 bits per heavy atom. The van der Waals surface area contributed by atoms with Crippen molar-refractivity contribution in [1.82, 2.24) is 4.90 Å². The molecular formula is C22H27N3O. The van der Waals surface area contributed by atoms with E-state index in [9.17, 15) is 4.79 Å². The third kappa shape index (κ3) is 3.55. The van der Waals surface area contributed by atoms with Gasteiger partial charge in [-0.25, -0.2) is 0 Å². The maximum absolute atomic E-state index is 12.8. The van der Waals surface area contributed by atoms with Crippen LogP contribution in [0, 0.1) is 0 Å². The summed E-state index contributed by atoms with van der Waals surface area (Å²) in [6, 6.07) is 16.8. The maximum Gasteiger partial charge on any atom is 0.244 e. The molecule has 1 aliphatic carbocycles. The number of hydrogen-bond acceptors (Lipinski definition) is 3. The van der Waals surface area contributed by atoms with Crippen LogP contribution in [0.25, 0.3) is 0 Å². The zero-order valence-electron chi connectivity index (χ0n) is 15.4. The summed E-state index contributed by atoms with van der Waals surface area (Å²) >= 11 is 0. The number of para-hydroxylation sites is 1. The summed E-state index contributed by atoms with van der Waals surface area (Å²) in [6.45, 7) is 5.32. The van der Waals surface area contributed by atoms with Gasteiger partial charge in [-0.15, -0.1) is 0 Å². The first kappa shape index (κ1) is 17.0. The molecule has 4 nitrogen and oxygen atoms in total. The van der Waals surface area contributed by atoms with Crippen LogP contribution in [-0.2, 0) is 17.6 Å². The van der Waals surface area contributed by atoms with Crippen LogP contribution < -0.4 is 10.2 Å². The summed E-state index contributed by atoms with van der Waals surface area (Å²) in [6.07, 6.45) is 3.60. The molecule has 0 spiro atoms. The molecule has 1 aliphatic heterocycles. The molecule has 4 rings (SSSR count). The van der Waals surface area contributed by atoms with Crippen molar-refractivity contribution < 1.29 is 4.79 Å². The van der Waals surface area contributed by atoms with Gasteiger partial charge in [-0.1, -0.05) is 24.3 Å². The van der Waals surface area contributed by atoms with Gasteiger partial charge in [0, 0.05) is 37.6 Å². The second-order valence-electron chi connectivity index (χ2n) is 7.35. The van der Waals surface area contributed by atoms with Crippen LogP contribution in [0.1, 0.15) is 24.5 Å². The fourth-order valence-corrected chi connectivity index (χ4v) is 4.07. The molecule has 1 unspecified atom stereocenters. The van der Waals surface area contributed by atoms with Gasteiger partial charge in [0.1, 0.15) is 6.04 Å².